The molecule has 4 aromatic carbocycles. The van der Waals surface area contributed by atoms with Crippen LogP contribution in [0.15, 0.2) is 118 Å². The molecular formula is C39H52N4O3. The van der Waals surface area contributed by atoms with Gasteiger partial charge in [-0.15, -0.1) is 0 Å². The van der Waals surface area contributed by atoms with Crippen molar-refractivity contribution in [1.82, 2.24) is 0 Å². The van der Waals surface area contributed by atoms with E-state index in [1.165, 1.54) is 62.5 Å². The minimum atomic E-state index is -0.167. The van der Waals surface area contributed by atoms with Crippen LogP contribution in [-0.4, -0.2) is 21.4 Å². The molecule has 7 heteroatoms. The average molecular weight is 625 g/mol. The van der Waals surface area contributed by atoms with Crippen LogP contribution in [0.5, 0.6) is 11.5 Å². The van der Waals surface area contributed by atoms with E-state index in [0.29, 0.717) is 0 Å². The third-order valence-corrected chi connectivity index (χ3v) is 6.77. The van der Waals surface area contributed by atoms with E-state index in [4.69, 9.17) is 5.11 Å². The van der Waals surface area contributed by atoms with Crippen molar-refractivity contribution >= 4 is 22.7 Å². The first-order chi connectivity index (χ1) is 22.3. The van der Waals surface area contributed by atoms with Crippen LogP contribution in [0, 0.1) is 0 Å². The number of nitrogens with zero attached hydrogens (tertiary/aromatic N) is 4. The van der Waals surface area contributed by atoms with Gasteiger partial charge in [0.15, 0.2) is 0 Å². The lowest BCUT2D eigenvalue weighted by Gasteiger charge is -2.01. The van der Waals surface area contributed by atoms with Crippen molar-refractivity contribution in [3.63, 3.8) is 0 Å². The Morgan fingerprint density at radius 2 is 0.696 bits per heavy atom. The number of azo groups is 2. The van der Waals surface area contributed by atoms with Gasteiger partial charge in [0.1, 0.15) is 11.5 Å². The molecule has 0 atom stereocenters. The molecule has 0 saturated heterocycles. The highest BCUT2D eigenvalue weighted by Gasteiger charge is 1.97. The van der Waals surface area contributed by atoms with Gasteiger partial charge in [0.2, 0.25) is 0 Å². The number of phenols is 2. The monoisotopic (exact) mass is 624 g/mol. The number of phenolic OH excluding ortho intramolecular Hbond substituents is 2. The SMILES string of the molecule is CC(C)O.CCCCCCc1ccc(N=Nc2ccc(O)cc2)cc1.CCCCCCc1ccc(N=Nc2ccc(O)cc2)cc1. The van der Waals surface area contributed by atoms with E-state index in [9.17, 15) is 10.2 Å². The molecule has 4 rings (SSSR count). The molecule has 0 aromatic heterocycles. The first-order valence-corrected chi connectivity index (χ1v) is 16.6. The predicted octanol–water partition coefficient (Wildman–Crippen LogP) is 12.2. The lowest BCUT2D eigenvalue weighted by atomic mass is 10.1. The van der Waals surface area contributed by atoms with E-state index in [-0.39, 0.29) is 17.6 Å². The Morgan fingerprint density at radius 1 is 0.435 bits per heavy atom. The molecule has 3 N–H and O–H groups in total. The molecule has 7 nitrogen and oxygen atoms in total. The van der Waals surface area contributed by atoms with E-state index in [1.807, 2.05) is 24.3 Å². The summed E-state index contributed by atoms with van der Waals surface area (Å²) >= 11 is 0. The number of aliphatic hydroxyl groups is 1. The maximum atomic E-state index is 9.20. The number of benzene rings is 4. The Labute approximate surface area is 275 Å². The van der Waals surface area contributed by atoms with E-state index < -0.39 is 0 Å². The summed E-state index contributed by atoms with van der Waals surface area (Å²) in [6.07, 6.45) is 12.4. The number of aromatic hydroxyl groups is 2. The zero-order chi connectivity index (χ0) is 33.4. The molecule has 0 aliphatic carbocycles. The highest BCUT2D eigenvalue weighted by atomic mass is 16.3. The van der Waals surface area contributed by atoms with Gasteiger partial charge < -0.3 is 15.3 Å². The second kappa shape index (κ2) is 23.0. The molecular weight excluding hydrogens is 572 g/mol. The summed E-state index contributed by atoms with van der Waals surface area (Å²) in [5, 5.41) is 43.2. The van der Waals surface area contributed by atoms with Crippen LogP contribution >= 0.6 is 0 Å². The quantitative estimate of drug-likeness (QED) is 0.0958. The van der Waals surface area contributed by atoms with Gasteiger partial charge in [-0.2, -0.15) is 20.5 Å². The minimum Gasteiger partial charge on any atom is -0.508 e. The Kier molecular flexibility index (Phi) is 19.0. The molecule has 46 heavy (non-hydrogen) atoms. The largest absolute Gasteiger partial charge is 0.508 e. The van der Waals surface area contributed by atoms with Crippen molar-refractivity contribution in [2.75, 3.05) is 0 Å². The maximum absolute atomic E-state index is 9.20. The van der Waals surface area contributed by atoms with Gasteiger partial charge in [-0.25, -0.2) is 0 Å². The summed E-state index contributed by atoms with van der Waals surface area (Å²) in [4.78, 5) is 0. The fraction of sp³-hybridized carbons (Fsp3) is 0.385. The lowest BCUT2D eigenvalue weighted by molar-refractivity contribution is 0.216. The predicted molar refractivity (Wildman–Crippen MR) is 190 cm³/mol. The Hall–Kier alpha value is -4.36. The zero-order valence-corrected chi connectivity index (χ0v) is 28.0. The summed E-state index contributed by atoms with van der Waals surface area (Å²) in [5.74, 6) is 0.475. The highest BCUT2D eigenvalue weighted by molar-refractivity contribution is 5.44. The van der Waals surface area contributed by atoms with E-state index in [0.717, 1.165) is 35.6 Å². The van der Waals surface area contributed by atoms with Crippen LogP contribution in [0.1, 0.15) is 90.2 Å². The van der Waals surface area contributed by atoms with Crippen LogP contribution in [0.25, 0.3) is 0 Å². The topological polar surface area (TPSA) is 110 Å². The highest BCUT2D eigenvalue weighted by Crippen LogP contribution is 2.23. The molecule has 0 radical (unpaired) electrons. The van der Waals surface area contributed by atoms with Crippen LogP contribution in [0.3, 0.4) is 0 Å². The molecule has 0 bridgehead atoms. The fourth-order valence-electron chi connectivity index (χ4n) is 4.24. The van der Waals surface area contributed by atoms with Crippen LogP contribution in [0.4, 0.5) is 22.7 Å². The van der Waals surface area contributed by atoms with E-state index in [1.54, 1.807) is 62.4 Å². The standard InChI is InChI=1S/2C18H22N2O.C3H8O/c2*1-2-3-4-5-6-15-7-9-16(10-8-15)19-20-17-11-13-18(21)14-12-17;1-3(2)4/h2*7-14,21H,2-6H2,1H3;3-4H,1-2H3. The number of hydrogen-bond donors (Lipinski definition) is 3. The van der Waals surface area contributed by atoms with E-state index in [2.05, 4.69) is 58.6 Å². The van der Waals surface area contributed by atoms with Crippen molar-refractivity contribution in [3.05, 3.63) is 108 Å². The summed E-state index contributed by atoms with van der Waals surface area (Å²) in [5.41, 5.74) is 5.87. The number of rotatable bonds is 14. The summed E-state index contributed by atoms with van der Waals surface area (Å²) < 4.78 is 0. The average Bonchev–Trinajstić information content (AvgIpc) is 3.06. The van der Waals surface area contributed by atoms with Crippen LogP contribution in [-0.2, 0) is 12.8 Å². The van der Waals surface area contributed by atoms with Gasteiger partial charge in [-0.05, 0) is 123 Å². The van der Waals surface area contributed by atoms with Crippen molar-refractivity contribution < 1.29 is 15.3 Å². The molecule has 246 valence electrons. The number of unbranched alkanes of at least 4 members (excludes halogenated alkanes) is 6. The number of aryl methyl sites for hydroxylation is 2. The smallest absolute Gasteiger partial charge is 0.115 e. The summed E-state index contributed by atoms with van der Waals surface area (Å²) in [6, 6.07) is 29.9. The molecule has 0 fully saturated rings. The summed E-state index contributed by atoms with van der Waals surface area (Å²) in [6.45, 7) is 7.90. The summed E-state index contributed by atoms with van der Waals surface area (Å²) in [7, 11) is 0. The second-order valence-electron chi connectivity index (χ2n) is 11.5. The van der Waals surface area contributed by atoms with Crippen molar-refractivity contribution in [2.24, 2.45) is 20.5 Å². The van der Waals surface area contributed by atoms with Crippen LogP contribution < -0.4 is 0 Å². The Balaban J connectivity index is 0.000000287. The van der Waals surface area contributed by atoms with E-state index >= 15 is 0 Å². The maximum Gasteiger partial charge on any atom is 0.115 e. The zero-order valence-electron chi connectivity index (χ0n) is 28.0. The lowest BCUT2D eigenvalue weighted by Crippen LogP contribution is -1.85. The van der Waals surface area contributed by atoms with Crippen molar-refractivity contribution in [3.8, 4) is 11.5 Å². The molecule has 4 aromatic rings. The molecule has 0 aliphatic heterocycles. The molecule has 0 amide bonds. The first-order valence-electron chi connectivity index (χ1n) is 16.6. The van der Waals surface area contributed by atoms with Gasteiger partial charge in [0.05, 0.1) is 22.7 Å². The van der Waals surface area contributed by atoms with Gasteiger partial charge in [0.25, 0.3) is 0 Å². The van der Waals surface area contributed by atoms with Gasteiger partial charge >= 0.3 is 0 Å². The third kappa shape index (κ3) is 17.8. The van der Waals surface area contributed by atoms with Gasteiger partial charge in [-0.1, -0.05) is 76.6 Å². The van der Waals surface area contributed by atoms with Crippen LogP contribution in [0.2, 0.25) is 0 Å². The molecule has 0 aliphatic rings. The Morgan fingerprint density at radius 3 is 0.957 bits per heavy atom. The van der Waals surface area contributed by atoms with Gasteiger partial charge in [0, 0.05) is 6.10 Å². The first kappa shape index (κ1) is 37.8. The molecule has 0 saturated carbocycles. The minimum absolute atomic E-state index is 0.167. The van der Waals surface area contributed by atoms with Crippen molar-refractivity contribution in [2.45, 2.75) is 98.0 Å². The third-order valence-electron chi connectivity index (χ3n) is 6.77. The molecule has 0 unspecified atom stereocenters. The normalized spacial score (nSPS) is 10.9. The number of hydrogen-bond acceptors (Lipinski definition) is 7. The van der Waals surface area contributed by atoms with Gasteiger partial charge in [-0.3, -0.25) is 0 Å². The van der Waals surface area contributed by atoms with Crippen molar-refractivity contribution in [1.29, 1.82) is 0 Å². The number of aliphatic hydroxyl groups excluding tert-OH is 1. The second-order valence-corrected chi connectivity index (χ2v) is 11.5. The Bertz CT molecular complexity index is 1270. The fourth-order valence-corrected chi connectivity index (χ4v) is 4.24. The molecule has 0 heterocycles. The molecule has 0 spiro atoms.